The Kier molecular flexibility index (Phi) is 5.08. The third kappa shape index (κ3) is 3.69. The van der Waals surface area contributed by atoms with Gasteiger partial charge < -0.3 is 20.1 Å². The van der Waals surface area contributed by atoms with Gasteiger partial charge in [-0.1, -0.05) is 6.92 Å². The zero-order valence-electron chi connectivity index (χ0n) is 10.5. The van der Waals surface area contributed by atoms with Crippen molar-refractivity contribution < 1.29 is 24.2 Å². The average Bonchev–Trinajstić information content (AvgIpc) is 2.28. The molecule has 1 saturated heterocycles. The smallest absolute Gasteiger partial charge is 0.328 e. The maximum atomic E-state index is 12.0. The van der Waals surface area contributed by atoms with Crippen molar-refractivity contribution in [3.05, 3.63) is 0 Å². The van der Waals surface area contributed by atoms with E-state index in [4.69, 9.17) is 9.84 Å². The Bertz CT molecular complexity index is 344. The number of aliphatic carboxylic acids is 1. The molecule has 0 spiro atoms. The molecule has 1 fully saturated rings. The summed E-state index contributed by atoms with van der Waals surface area (Å²) in [7, 11) is 1.54. The lowest BCUT2D eigenvalue weighted by Crippen LogP contribution is -2.59. The number of piperazine rings is 1. The average molecular weight is 258 g/mol. The first-order chi connectivity index (χ1) is 8.45. The van der Waals surface area contributed by atoms with Crippen molar-refractivity contribution in [1.29, 1.82) is 0 Å². The maximum absolute atomic E-state index is 12.0. The number of methoxy groups -OCH3 is 1. The van der Waals surface area contributed by atoms with E-state index in [1.54, 1.807) is 0 Å². The maximum Gasteiger partial charge on any atom is 0.328 e. The molecule has 0 aromatic carbocycles. The number of carboxylic acids is 1. The minimum atomic E-state index is -1.11. The minimum absolute atomic E-state index is 0.0121. The molecule has 0 aromatic heterocycles. The number of rotatable bonds is 5. The molecule has 7 nitrogen and oxygen atoms in total. The van der Waals surface area contributed by atoms with Crippen LogP contribution < -0.4 is 5.32 Å². The molecule has 0 bridgehead atoms. The highest BCUT2D eigenvalue weighted by Crippen LogP contribution is 2.11. The fourth-order valence-electron chi connectivity index (χ4n) is 1.88. The Hall–Kier alpha value is -1.63. The summed E-state index contributed by atoms with van der Waals surface area (Å²) < 4.78 is 4.92. The third-order valence-corrected chi connectivity index (χ3v) is 2.76. The number of carbonyl (C=O) groups excluding carboxylic acids is 2. The Morgan fingerprint density at radius 1 is 1.61 bits per heavy atom. The van der Waals surface area contributed by atoms with E-state index in [0.29, 0.717) is 6.61 Å². The molecule has 0 saturated carbocycles. The summed E-state index contributed by atoms with van der Waals surface area (Å²) in [6.45, 7) is 2.01. The van der Waals surface area contributed by atoms with E-state index in [1.807, 2.05) is 6.92 Å². The van der Waals surface area contributed by atoms with Crippen LogP contribution in [0.4, 0.5) is 0 Å². The molecular weight excluding hydrogens is 240 g/mol. The number of carboxylic acid groups (broad SMARTS) is 1. The molecule has 1 rings (SSSR count). The second-order valence-corrected chi connectivity index (χ2v) is 4.44. The van der Waals surface area contributed by atoms with Gasteiger partial charge in [0, 0.05) is 26.7 Å². The summed E-state index contributed by atoms with van der Waals surface area (Å²) >= 11 is 0. The molecule has 18 heavy (non-hydrogen) atoms. The quantitative estimate of drug-likeness (QED) is 0.664. The fraction of sp³-hybridized carbons (Fsp3) is 0.727. The SMILES string of the molecule is COCC(C)CC(=O)N1CC(=O)NCC1C(=O)O. The predicted molar refractivity (Wildman–Crippen MR) is 61.8 cm³/mol. The zero-order chi connectivity index (χ0) is 13.7. The molecule has 1 heterocycles. The van der Waals surface area contributed by atoms with Crippen molar-refractivity contribution in [3.63, 3.8) is 0 Å². The van der Waals surface area contributed by atoms with Gasteiger partial charge in [-0.2, -0.15) is 0 Å². The second-order valence-electron chi connectivity index (χ2n) is 4.44. The molecule has 2 amide bonds. The molecule has 0 aliphatic carbocycles. The summed E-state index contributed by atoms with van der Waals surface area (Å²) in [5.41, 5.74) is 0. The molecule has 0 radical (unpaired) electrons. The Balaban J connectivity index is 2.66. The van der Waals surface area contributed by atoms with Crippen LogP contribution in [-0.2, 0) is 19.1 Å². The first-order valence-electron chi connectivity index (χ1n) is 5.73. The van der Waals surface area contributed by atoms with E-state index in [1.165, 1.54) is 7.11 Å². The molecule has 0 aromatic rings. The van der Waals surface area contributed by atoms with Crippen LogP contribution in [-0.4, -0.2) is 60.6 Å². The van der Waals surface area contributed by atoms with Gasteiger partial charge in [0.05, 0.1) is 0 Å². The minimum Gasteiger partial charge on any atom is -0.480 e. The first-order valence-corrected chi connectivity index (χ1v) is 5.73. The van der Waals surface area contributed by atoms with Crippen LogP contribution in [0.2, 0.25) is 0 Å². The van der Waals surface area contributed by atoms with Gasteiger partial charge in [-0.05, 0) is 5.92 Å². The summed E-state index contributed by atoms with van der Waals surface area (Å²) in [6.07, 6.45) is 0.172. The van der Waals surface area contributed by atoms with E-state index in [2.05, 4.69) is 5.32 Å². The van der Waals surface area contributed by atoms with E-state index >= 15 is 0 Å². The standard InChI is InChI=1S/C11H18N2O5/c1-7(6-18-2)3-10(15)13-5-9(14)12-4-8(13)11(16)17/h7-8H,3-6H2,1-2H3,(H,12,14)(H,16,17). The summed E-state index contributed by atoms with van der Waals surface area (Å²) in [6, 6.07) is -0.982. The lowest BCUT2D eigenvalue weighted by atomic mass is 10.1. The molecule has 1 aliphatic rings. The Labute approximate surface area is 105 Å². The zero-order valence-corrected chi connectivity index (χ0v) is 10.5. The van der Waals surface area contributed by atoms with Gasteiger partial charge in [-0.25, -0.2) is 4.79 Å². The van der Waals surface area contributed by atoms with Crippen LogP contribution >= 0.6 is 0 Å². The van der Waals surface area contributed by atoms with Crippen molar-refractivity contribution >= 4 is 17.8 Å². The van der Waals surface area contributed by atoms with Crippen molar-refractivity contribution in [2.24, 2.45) is 5.92 Å². The van der Waals surface area contributed by atoms with Gasteiger partial charge in [0.15, 0.2) is 0 Å². The van der Waals surface area contributed by atoms with Gasteiger partial charge in [-0.15, -0.1) is 0 Å². The van der Waals surface area contributed by atoms with Gasteiger partial charge >= 0.3 is 5.97 Å². The van der Waals surface area contributed by atoms with E-state index in [0.717, 1.165) is 4.90 Å². The highest BCUT2D eigenvalue weighted by Gasteiger charge is 2.35. The summed E-state index contributed by atoms with van der Waals surface area (Å²) in [5.74, 6) is -1.79. The van der Waals surface area contributed by atoms with Crippen molar-refractivity contribution in [2.75, 3.05) is 26.8 Å². The molecule has 2 unspecified atom stereocenters. The first kappa shape index (κ1) is 14.4. The van der Waals surface area contributed by atoms with Crippen LogP contribution in [0.15, 0.2) is 0 Å². The number of nitrogens with zero attached hydrogens (tertiary/aromatic N) is 1. The Morgan fingerprint density at radius 3 is 2.83 bits per heavy atom. The van der Waals surface area contributed by atoms with E-state index in [-0.39, 0.29) is 37.2 Å². The van der Waals surface area contributed by atoms with Gasteiger partial charge in [0.2, 0.25) is 11.8 Å². The topological polar surface area (TPSA) is 95.9 Å². The predicted octanol–water partition coefficient (Wildman–Crippen LogP) is -0.929. The molecule has 1 aliphatic heterocycles. The van der Waals surface area contributed by atoms with Crippen LogP contribution in [0.3, 0.4) is 0 Å². The normalized spacial score (nSPS) is 21.3. The van der Waals surface area contributed by atoms with Gasteiger partial charge in [0.25, 0.3) is 0 Å². The molecule has 102 valence electrons. The highest BCUT2D eigenvalue weighted by molar-refractivity contribution is 5.91. The molecule has 2 atom stereocenters. The van der Waals surface area contributed by atoms with Crippen LogP contribution in [0.1, 0.15) is 13.3 Å². The largest absolute Gasteiger partial charge is 0.480 e. The van der Waals surface area contributed by atoms with E-state index < -0.39 is 12.0 Å². The van der Waals surface area contributed by atoms with Crippen molar-refractivity contribution in [3.8, 4) is 0 Å². The van der Waals surface area contributed by atoms with Crippen LogP contribution in [0.25, 0.3) is 0 Å². The summed E-state index contributed by atoms with van der Waals surface area (Å²) in [4.78, 5) is 35.3. The second kappa shape index (κ2) is 6.34. The van der Waals surface area contributed by atoms with Crippen molar-refractivity contribution in [2.45, 2.75) is 19.4 Å². The molecule has 7 heteroatoms. The van der Waals surface area contributed by atoms with Crippen LogP contribution in [0.5, 0.6) is 0 Å². The monoisotopic (exact) mass is 258 g/mol. The van der Waals surface area contributed by atoms with Crippen LogP contribution in [0, 0.1) is 5.92 Å². The molecule has 2 N–H and O–H groups in total. The number of nitrogens with one attached hydrogen (secondary N) is 1. The van der Waals surface area contributed by atoms with Crippen molar-refractivity contribution in [1.82, 2.24) is 10.2 Å². The number of ether oxygens (including phenoxy) is 1. The lowest BCUT2D eigenvalue weighted by molar-refractivity contribution is -0.154. The number of carbonyl (C=O) groups is 3. The highest BCUT2D eigenvalue weighted by atomic mass is 16.5. The van der Waals surface area contributed by atoms with E-state index in [9.17, 15) is 14.4 Å². The Morgan fingerprint density at radius 2 is 2.28 bits per heavy atom. The van der Waals surface area contributed by atoms with Gasteiger partial charge in [-0.3, -0.25) is 9.59 Å². The van der Waals surface area contributed by atoms with Gasteiger partial charge in [0.1, 0.15) is 12.6 Å². The summed E-state index contributed by atoms with van der Waals surface area (Å²) in [5, 5.41) is 11.4. The fourth-order valence-corrected chi connectivity index (χ4v) is 1.88. The number of amides is 2. The molecular formula is C11H18N2O5. The number of hydrogen-bond donors (Lipinski definition) is 2. The third-order valence-electron chi connectivity index (χ3n) is 2.76. The number of hydrogen-bond acceptors (Lipinski definition) is 4. The lowest BCUT2D eigenvalue weighted by Gasteiger charge is -2.33.